The lowest BCUT2D eigenvalue weighted by Gasteiger charge is -2.58. The first-order chi connectivity index (χ1) is 9.00. The molecular formula is C15H20O4. The van der Waals surface area contributed by atoms with Crippen LogP contribution >= 0.6 is 0 Å². The summed E-state index contributed by atoms with van der Waals surface area (Å²) < 4.78 is 11.0. The van der Waals surface area contributed by atoms with Gasteiger partial charge in [0.1, 0.15) is 0 Å². The number of rotatable bonds is 4. The van der Waals surface area contributed by atoms with Crippen LogP contribution in [0.4, 0.5) is 0 Å². The van der Waals surface area contributed by atoms with Crippen LogP contribution in [0.25, 0.3) is 0 Å². The molecule has 0 amide bonds. The van der Waals surface area contributed by atoms with E-state index in [2.05, 4.69) is 0 Å². The maximum Gasteiger partial charge on any atom is 0.343 e. The van der Waals surface area contributed by atoms with E-state index in [1.165, 1.54) is 0 Å². The standard InChI is InChI=1S/C15H20O4/c1-4-18-13(17)15(11-8-6-5-7-9-11)14(2,3)12(10-16)19-15/h5-9,12,16H,4,10H2,1-3H3/t12-,15-/m1/s1. The Labute approximate surface area is 113 Å². The zero-order valence-corrected chi connectivity index (χ0v) is 11.6. The second kappa shape index (κ2) is 4.94. The van der Waals surface area contributed by atoms with Crippen LogP contribution in [0.5, 0.6) is 0 Å². The lowest BCUT2D eigenvalue weighted by Crippen LogP contribution is -2.69. The van der Waals surface area contributed by atoms with Crippen molar-refractivity contribution in [2.45, 2.75) is 32.5 Å². The predicted octanol–water partition coefficient (Wildman–Crippen LogP) is 1.86. The third-order valence-electron chi connectivity index (χ3n) is 3.94. The molecule has 0 bridgehead atoms. The van der Waals surface area contributed by atoms with Crippen molar-refractivity contribution in [3.63, 3.8) is 0 Å². The number of aliphatic hydroxyl groups is 1. The summed E-state index contributed by atoms with van der Waals surface area (Å²) in [4.78, 5) is 12.4. The SMILES string of the molecule is CCOC(=O)[C@@]1(c2ccccc2)O[C@H](CO)C1(C)C. The Morgan fingerprint density at radius 1 is 1.37 bits per heavy atom. The normalized spacial score (nSPS) is 28.5. The Morgan fingerprint density at radius 2 is 2.00 bits per heavy atom. The summed E-state index contributed by atoms with van der Waals surface area (Å²) in [5.41, 5.74) is -0.879. The van der Waals surface area contributed by atoms with Crippen LogP contribution in [0.1, 0.15) is 26.3 Å². The molecule has 1 aliphatic rings. The van der Waals surface area contributed by atoms with Crippen molar-refractivity contribution < 1.29 is 19.4 Å². The Kier molecular flexibility index (Phi) is 3.65. The van der Waals surface area contributed by atoms with E-state index in [0.29, 0.717) is 6.61 Å². The smallest absolute Gasteiger partial charge is 0.343 e. The molecular weight excluding hydrogens is 244 g/mol. The van der Waals surface area contributed by atoms with E-state index in [9.17, 15) is 9.90 Å². The van der Waals surface area contributed by atoms with Gasteiger partial charge in [-0.25, -0.2) is 4.79 Å². The van der Waals surface area contributed by atoms with Crippen LogP contribution < -0.4 is 0 Å². The number of hydrogen-bond donors (Lipinski definition) is 1. The number of carbonyl (C=O) groups is 1. The zero-order valence-electron chi connectivity index (χ0n) is 11.6. The number of carbonyl (C=O) groups excluding carboxylic acids is 1. The molecule has 1 saturated heterocycles. The van der Waals surface area contributed by atoms with E-state index >= 15 is 0 Å². The highest BCUT2D eigenvalue weighted by Crippen LogP contribution is 2.56. The van der Waals surface area contributed by atoms with Gasteiger partial charge >= 0.3 is 5.97 Å². The molecule has 1 fully saturated rings. The molecule has 1 aromatic carbocycles. The maximum absolute atomic E-state index is 12.4. The third kappa shape index (κ3) is 1.86. The number of hydrogen-bond acceptors (Lipinski definition) is 4. The van der Waals surface area contributed by atoms with Gasteiger partial charge in [0.15, 0.2) is 5.60 Å². The van der Waals surface area contributed by atoms with Crippen LogP contribution in [0, 0.1) is 5.41 Å². The van der Waals surface area contributed by atoms with Gasteiger partial charge in [-0.1, -0.05) is 44.2 Å². The molecule has 0 aromatic heterocycles. The lowest BCUT2D eigenvalue weighted by molar-refractivity contribution is -0.316. The molecule has 0 unspecified atom stereocenters. The molecule has 1 heterocycles. The Morgan fingerprint density at radius 3 is 2.47 bits per heavy atom. The minimum absolute atomic E-state index is 0.110. The van der Waals surface area contributed by atoms with Gasteiger partial charge in [-0.05, 0) is 12.5 Å². The van der Waals surface area contributed by atoms with Crippen LogP contribution in [-0.4, -0.2) is 30.4 Å². The fraction of sp³-hybridized carbons (Fsp3) is 0.533. The van der Waals surface area contributed by atoms with Crippen molar-refractivity contribution in [3.8, 4) is 0 Å². The summed E-state index contributed by atoms with van der Waals surface area (Å²) in [6.45, 7) is 5.80. The van der Waals surface area contributed by atoms with Gasteiger partial charge in [0.25, 0.3) is 0 Å². The van der Waals surface area contributed by atoms with E-state index in [0.717, 1.165) is 5.56 Å². The topological polar surface area (TPSA) is 55.8 Å². The van der Waals surface area contributed by atoms with E-state index < -0.39 is 17.0 Å². The summed E-state index contributed by atoms with van der Waals surface area (Å²) in [6, 6.07) is 9.32. The molecule has 1 N–H and O–H groups in total. The first kappa shape index (κ1) is 14.0. The summed E-state index contributed by atoms with van der Waals surface area (Å²) in [5.74, 6) is -0.393. The van der Waals surface area contributed by atoms with E-state index in [4.69, 9.17) is 9.47 Å². The number of esters is 1. The highest BCUT2D eigenvalue weighted by atomic mass is 16.6. The molecule has 4 nitrogen and oxygen atoms in total. The molecule has 1 aliphatic heterocycles. The molecule has 0 spiro atoms. The highest BCUT2D eigenvalue weighted by molar-refractivity contribution is 5.84. The molecule has 2 rings (SSSR count). The summed E-state index contributed by atoms with van der Waals surface area (Å²) in [7, 11) is 0. The predicted molar refractivity (Wildman–Crippen MR) is 70.5 cm³/mol. The number of ether oxygens (including phenoxy) is 2. The van der Waals surface area contributed by atoms with Gasteiger partial charge in [-0.15, -0.1) is 0 Å². The van der Waals surface area contributed by atoms with Gasteiger partial charge in [-0.3, -0.25) is 0 Å². The molecule has 0 radical (unpaired) electrons. The fourth-order valence-corrected chi connectivity index (χ4v) is 2.72. The van der Waals surface area contributed by atoms with Crippen molar-refractivity contribution in [2.75, 3.05) is 13.2 Å². The first-order valence-corrected chi connectivity index (χ1v) is 6.52. The quantitative estimate of drug-likeness (QED) is 0.843. The van der Waals surface area contributed by atoms with Crippen molar-refractivity contribution >= 4 is 5.97 Å². The van der Waals surface area contributed by atoms with Crippen molar-refractivity contribution in [2.24, 2.45) is 5.41 Å². The van der Waals surface area contributed by atoms with Gasteiger partial charge in [0, 0.05) is 5.41 Å². The molecule has 104 valence electrons. The van der Waals surface area contributed by atoms with E-state index in [1.54, 1.807) is 6.92 Å². The highest BCUT2D eigenvalue weighted by Gasteiger charge is 2.67. The number of benzene rings is 1. The van der Waals surface area contributed by atoms with Gasteiger partial charge < -0.3 is 14.6 Å². The van der Waals surface area contributed by atoms with Crippen LogP contribution in [0.3, 0.4) is 0 Å². The van der Waals surface area contributed by atoms with Crippen molar-refractivity contribution in [1.29, 1.82) is 0 Å². The van der Waals surface area contributed by atoms with Gasteiger partial charge in [-0.2, -0.15) is 0 Å². The van der Waals surface area contributed by atoms with Crippen LogP contribution in [0.2, 0.25) is 0 Å². The second-order valence-corrected chi connectivity index (χ2v) is 5.28. The molecule has 1 aromatic rings. The molecule has 19 heavy (non-hydrogen) atoms. The molecule has 2 atom stereocenters. The maximum atomic E-state index is 12.4. The van der Waals surface area contributed by atoms with Gasteiger partial charge in [0.05, 0.1) is 19.3 Å². The third-order valence-corrected chi connectivity index (χ3v) is 3.94. The average Bonchev–Trinajstić information content (AvgIpc) is 2.40. The van der Waals surface area contributed by atoms with Crippen LogP contribution in [0.15, 0.2) is 30.3 Å². The minimum Gasteiger partial charge on any atom is -0.464 e. The van der Waals surface area contributed by atoms with Crippen molar-refractivity contribution in [3.05, 3.63) is 35.9 Å². The largest absolute Gasteiger partial charge is 0.464 e. The fourth-order valence-electron chi connectivity index (χ4n) is 2.72. The lowest BCUT2D eigenvalue weighted by atomic mass is 9.62. The summed E-state index contributed by atoms with van der Waals surface area (Å²) in [5, 5.41) is 9.34. The minimum atomic E-state index is -1.13. The Bertz CT molecular complexity index is 454. The van der Waals surface area contributed by atoms with Crippen molar-refractivity contribution in [1.82, 2.24) is 0 Å². The first-order valence-electron chi connectivity index (χ1n) is 6.52. The summed E-state index contributed by atoms with van der Waals surface area (Å²) in [6.07, 6.45) is -0.364. The second-order valence-electron chi connectivity index (χ2n) is 5.28. The zero-order chi connectivity index (χ0) is 14.1. The monoisotopic (exact) mass is 264 g/mol. The van der Waals surface area contributed by atoms with Crippen LogP contribution in [-0.2, 0) is 19.9 Å². The van der Waals surface area contributed by atoms with E-state index in [-0.39, 0.29) is 12.7 Å². The summed E-state index contributed by atoms with van der Waals surface area (Å²) >= 11 is 0. The molecule has 0 saturated carbocycles. The molecule has 4 heteroatoms. The van der Waals surface area contributed by atoms with Gasteiger partial charge in [0.2, 0.25) is 0 Å². The Hall–Kier alpha value is -1.39. The number of aliphatic hydroxyl groups excluding tert-OH is 1. The molecule has 0 aliphatic carbocycles. The Balaban J connectivity index is 2.45. The van der Waals surface area contributed by atoms with E-state index in [1.807, 2.05) is 44.2 Å². The average molecular weight is 264 g/mol.